The molecular weight excluding hydrogens is 366 g/mol. The Morgan fingerprint density at radius 1 is 1.07 bits per heavy atom. The van der Waals surface area contributed by atoms with Gasteiger partial charge in [-0.15, -0.1) is 0 Å². The summed E-state index contributed by atoms with van der Waals surface area (Å²) >= 11 is 0. The number of carbonyl (C=O) groups is 2. The third-order valence-electron chi connectivity index (χ3n) is 5.83. The van der Waals surface area contributed by atoms with Crippen LogP contribution in [0.5, 0.6) is 0 Å². The Labute approximate surface area is 171 Å². The predicted molar refractivity (Wildman–Crippen MR) is 112 cm³/mol. The summed E-state index contributed by atoms with van der Waals surface area (Å²) in [6, 6.07) is 9.70. The van der Waals surface area contributed by atoms with Crippen molar-refractivity contribution in [2.75, 3.05) is 24.3 Å². The first-order valence-electron chi connectivity index (χ1n) is 10.4. The molecule has 2 amide bonds. The van der Waals surface area contributed by atoms with Gasteiger partial charge in [0.2, 0.25) is 11.8 Å². The van der Waals surface area contributed by atoms with Gasteiger partial charge in [-0.25, -0.2) is 0 Å². The number of amides is 2. The molecule has 0 saturated heterocycles. The number of benzene rings is 1. The van der Waals surface area contributed by atoms with Gasteiger partial charge in [0.05, 0.1) is 12.8 Å². The molecule has 1 aromatic carbocycles. The lowest BCUT2D eigenvalue weighted by molar-refractivity contribution is -0.134. The normalized spacial score (nSPS) is 16.2. The highest BCUT2D eigenvalue weighted by Crippen LogP contribution is 2.34. The van der Waals surface area contributed by atoms with E-state index >= 15 is 0 Å². The molecule has 29 heavy (non-hydrogen) atoms. The number of anilines is 2. The molecule has 2 fully saturated rings. The summed E-state index contributed by atoms with van der Waals surface area (Å²) in [5.41, 5.74) is 2.85. The fourth-order valence-electron chi connectivity index (χ4n) is 3.74. The number of furan rings is 1. The van der Waals surface area contributed by atoms with E-state index in [4.69, 9.17) is 4.42 Å². The molecule has 1 aromatic heterocycles. The molecule has 2 saturated carbocycles. The third kappa shape index (κ3) is 4.63. The minimum Gasteiger partial charge on any atom is -0.467 e. The first-order valence-corrected chi connectivity index (χ1v) is 10.4. The van der Waals surface area contributed by atoms with Crippen LogP contribution in [0.2, 0.25) is 0 Å². The lowest BCUT2D eigenvalue weighted by atomic mass is 9.85. The first kappa shape index (κ1) is 19.6. The van der Waals surface area contributed by atoms with Crippen LogP contribution in [0.25, 0.3) is 0 Å². The largest absolute Gasteiger partial charge is 0.467 e. The van der Waals surface area contributed by atoms with Crippen LogP contribution in [0.15, 0.2) is 41.0 Å². The molecule has 2 aliphatic rings. The van der Waals surface area contributed by atoms with E-state index in [1.54, 1.807) is 6.26 Å². The number of hydrogen-bond acceptors (Lipinski definition) is 4. The summed E-state index contributed by atoms with van der Waals surface area (Å²) < 4.78 is 5.49. The van der Waals surface area contributed by atoms with Crippen LogP contribution in [-0.2, 0) is 22.7 Å². The summed E-state index contributed by atoms with van der Waals surface area (Å²) in [7, 11) is 3.98. The van der Waals surface area contributed by atoms with Gasteiger partial charge in [-0.3, -0.25) is 9.59 Å². The molecule has 2 aromatic rings. The van der Waals surface area contributed by atoms with E-state index in [0.717, 1.165) is 54.8 Å². The van der Waals surface area contributed by atoms with Gasteiger partial charge in [-0.1, -0.05) is 6.42 Å². The molecule has 0 unspecified atom stereocenters. The number of hydrogen-bond donors (Lipinski definition) is 1. The van der Waals surface area contributed by atoms with Gasteiger partial charge < -0.3 is 19.5 Å². The van der Waals surface area contributed by atoms with Crippen molar-refractivity contribution < 1.29 is 14.0 Å². The third-order valence-corrected chi connectivity index (χ3v) is 5.83. The molecule has 0 atom stereocenters. The number of nitrogens with zero attached hydrogens (tertiary/aromatic N) is 2. The molecule has 6 nitrogen and oxygen atoms in total. The maximum absolute atomic E-state index is 12.9. The average molecular weight is 396 g/mol. The molecular formula is C23H29N3O3. The van der Waals surface area contributed by atoms with Gasteiger partial charge in [0.25, 0.3) is 0 Å². The Bertz CT molecular complexity index is 867. The van der Waals surface area contributed by atoms with Gasteiger partial charge in [0.1, 0.15) is 5.76 Å². The molecule has 6 heteroatoms. The highest BCUT2D eigenvalue weighted by molar-refractivity contribution is 5.93. The molecule has 0 bridgehead atoms. The highest BCUT2D eigenvalue weighted by atomic mass is 16.3. The number of rotatable bonds is 8. The minimum atomic E-state index is 0.0984. The molecule has 1 heterocycles. The van der Waals surface area contributed by atoms with Crippen molar-refractivity contribution in [1.82, 2.24) is 4.90 Å². The van der Waals surface area contributed by atoms with Crippen LogP contribution in [0.1, 0.15) is 43.4 Å². The highest BCUT2D eigenvalue weighted by Gasteiger charge is 2.34. The fraction of sp³-hybridized carbons (Fsp3) is 0.478. The second-order valence-electron chi connectivity index (χ2n) is 8.40. The van der Waals surface area contributed by atoms with Crippen LogP contribution in [0.3, 0.4) is 0 Å². The molecule has 1 N–H and O–H groups in total. The first-order chi connectivity index (χ1) is 14.0. The second kappa shape index (κ2) is 8.31. The van der Waals surface area contributed by atoms with Gasteiger partial charge in [-0.2, -0.15) is 0 Å². The molecule has 154 valence electrons. The SMILES string of the molecule is CN(C)c1ccc(NC(=O)C2CCC2)cc1CN(Cc1ccco1)C(=O)C1CC1. The van der Waals surface area contributed by atoms with Crippen molar-refractivity contribution in [3.05, 3.63) is 47.9 Å². The topological polar surface area (TPSA) is 65.8 Å². The van der Waals surface area contributed by atoms with E-state index < -0.39 is 0 Å². The van der Waals surface area contributed by atoms with Crippen molar-refractivity contribution in [2.45, 2.75) is 45.2 Å². The molecule has 4 rings (SSSR count). The lowest BCUT2D eigenvalue weighted by Crippen LogP contribution is -2.32. The maximum atomic E-state index is 12.9. The van der Waals surface area contributed by atoms with Crippen LogP contribution >= 0.6 is 0 Å². The van der Waals surface area contributed by atoms with E-state index in [1.807, 2.05) is 54.2 Å². The van der Waals surface area contributed by atoms with Gasteiger partial charge in [0.15, 0.2) is 0 Å². The van der Waals surface area contributed by atoms with Gasteiger partial charge >= 0.3 is 0 Å². The zero-order valence-corrected chi connectivity index (χ0v) is 17.2. The van der Waals surface area contributed by atoms with E-state index in [0.29, 0.717) is 13.1 Å². The minimum absolute atomic E-state index is 0.0984. The molecule has 0 aliphatic heterocycles. The van der Waals surface area contributed by atoms with E-state index in [2.05, 4.69) is 5.32 Å². The average Bonchev–Trinajstić information content (AvgIpc) is 3.36. The van der Waals surface area contributed by atoms with Crippen LogP contribution < -0.4 is 10.2 Å². The van der Waals surface area contributed by atoms with E-state index in [1.165, 1.54) is 0 Å². The summed E-state index contributed by atoms with van der Waals surface area (Å²) in [5, 5.41) is 3.05. The Hall–Kier alpha value is -2.76. The van der Waals surface area contributed by atoms with Crippen molar-refractivity contribution in [2.24, 2.45) is 11.8 Å². The van der Waals surface area contributed by atoms with Crippen LogP contribution in [0.4, 0.5) is 11.4 Å². The van der Waals surface area contributed by atoms with Gasteiger partial charge in [-0.05, 0) is 61.6 Å². The Morgan fingerprint density at radius 2 is 1.86 bits per heavy atom. The fourth-order valence-corrected chi connectivity index (χ4v) is 3.74. The van der Waals surface area contributed by atoms with Crippen molar-refractivity contribution >= 4 is 23.2 Å². The van der Waals surface area contributed by atoms with Crippen molar-refractivity contribution in [1.29, 1.82) is 0 Å². The van der Waals surface area contributed by atoms with Crippen molar-refractivity contribution in [3.63, 3.8) is 0 Å². The number of nitrogens with one attached hydrogen (secondary N) is 1. The van der Waals surface area contributed by atoms with Crippen molar-refractivity contribution in [3.8, 4) is 0 Å². The second-order valence-corrected chi connectivity index (χ2v) is 8.40. The summed E-state index contributed by atoms with van der Waals surface area (Å²) in [4.78, 5) is 29.2. The molecule has 0 radical (unpaired) electrons. The Kier molecular flexibility index (Phi) is 5.60. The van der Waals surface area contributed by atoms with Crippen LogP contribution in [0, 0.1) is 11.8 Å². The maximum Gasteiger partial charge on any atom is 0.227 e. The quantitative estimate of drug-likeness (QED) is 0.733. The standard InChI is InChI=1S/C23H29N3O3/c1-25(2)21-11-10-19(24-22(27)16-5-3-6-16)13-18(21)14-26(23(28)17-8-9-17)15-20-7-4-12-29-20/h4,7,10-13,16-17H,3,5-6,8-9,14-15H2,1-2H3,(H,24,27). The monoisotopic (exact) mass is 395 g/mol. The molecule has 2 aliphatic carbocycles. The van der Waals surface area contributed by atoms with E-state index in [-0.39, 0.29) is 23.7 Å². The number of carbonyl (C=O) groups excluding carboxylic acids is 2. The smallest absolute Gasteiger partial charge is 0.227 e. The van der Waals surface area contributed by atoms with Crippen LogP contribution in [-0.4, -0.2) is 30.8 Å². The lowest BCUT2D eigenvalue weighted by Gasteiger charge is -2.27. The zero-order chi connectivity index (χ0) is 20.4. The Morgan fingerprint density at radius 3 is 2.45 bits per heavy atom. The summed E-state index contributed by atoms with van der Waals surface area (Å²) in [5.74, 6) is 1.32. The Balaban J connectivity index is 1.56. The predicted octanol–water partition coefficient (Wildman–Crippen LogP) is 4.02. The summed E-state index contributed by atoms with van der Waals surface area (Å²) in [6.07, 6.45) is 6.64. The summed E-state index contributed by atoms with van der Waals surface area (Å²) in [6.45, 7) is 0.935. The molecule has 0 spiro atoms. The zero-order valence-electron chi connectivity index (χ0n) is 17.2. The van der Waals surface area contributed by atoms with Gasteiger partial charge in [0, 0.05) is 43.9 Å². The van der Waals surface area contributed by atoms with E-state index in [9.17, 15) is 9.59 Å².